The van der Waals surface area contributed by atoms with E-state index in [1.54, 1.807) is 6.92 Å². The van der Waals surface area contributed by atoms with Crippen LogP contribution in [0.4, 0.5) is 0 Å². The predicted octanol–water partition coefficient (Wildman–Crippen LogP) is 1.35. The molecule has 3 rings (SSSR count). The van der Waals surface area contributed by atoms with Crippen LogP contribution in [-0.2, 0) is 4.79 Å². The van der Waals surface area contributed by atoms with Crippen molar-refractivity contribution in [1.29, 1.82) is 0 Å². The lowest BCUT2D eigenvalue weighted by Gasteiger charge is -2.33. The lowest BCUT2D eigenvalue weighted by atomic mass is 10.2. The zero-order chi connectivity index (χ0) is 17.7. The van der Waals surface area contributed by atoms with Crippen LogP contribution in [0.25, 0.3) is 0 Å². The van der Waals surface area contributed by atoms with E-state index in [9.17, 15) is 4.79 Å². The molecule has 0 fully saturated rings. The van der Waals surface area contributed by atoms with Gasteiger partial charge in [-0.3, -0.25) is 4.79 Å². The molecule has 3 aromatic rings. The minimum absolute atomic E-state index is 0. The first kappa shape index (κ1) is 20.6. The fourth-order valence-corrected chi connectivity index (χ4v) is 8.80. The summed E-state index contributed by atoms with van der Waals surface area (Å²) in [6.45, 7) is 3.88. The van der Waals surface area contributed by atoms with Gasteiger partial charge in [0.15, 0.2) is 5.78 Å². The molecule has 134 valence electrons. The maximum Gasteiger partial charge on any atom is 0.171 e. The fraction of sp³-hybridized carbons (Fsp3) is 0.174. The Labute approximate surface area is 167 Å². The van der Waals surface area contributed by atoms with Crippen molar-refractivity contribution in [2.24, 2.45) is 0 Å². The van der Waals surface area contributed by atoms with Gasteiger partial charge in [0.2, 0.25) is 0 Å². The second-order valence-corrected chi connectivity index (χ2v) is 9.88. The summed E-state index contributed by atoms with van der Waals surface area (Å²) in [6, 6.07) is 31.8. The van der Waals surface area contributed by atoms with E-state index in [1.807, 2.05) is 18.2 Å². The first-order valence-electron chi connectivity index (χ1n) is 8.77. The third-order valence-corrected chi connectivity index (χ3v) is 9.82. The van der Waals surface area contributed by atoms with Gasteiger partial charge < -0.3 is 17.0 Å². The largest absolute Gasteiger partial charge is 1.00 e. The first-order valence-corrected chi connectivity index (χ1v) is 10.6. The molecule has 0 heterocycles. The SMILES string of the molecule is CCC(C(C)=O)[P+](c1ccccc1)(c1ccccc1)c1ccccc1.[Br-]. The summed E-state index contributed by atoms with van der Waals surface area (Å²) in [5.41, 5.74) is -0.0142. The summed E-state index contributed by atoms with van der Waals surface area (Å²) < 4.78 is 0. The van der Waals surface area contributed by atoms with Crippen molar-refractivity contribution in [3.05, 3.63) is 91.0 Å². The van der Waals surface area contributed by atoms with Crippen molar-refractivity contribution in [2.75, 3.05) is 0 Å². The summed E-state index contributed by atoms with van der Waals surface area (Å²) in [5, 5.41) is 3.82. The number of benzene rings is 3. The zero-order valence-corrected chi connectivity index (χ0v) is 17.7. The van der Waals surface area contributed by atoms with Crippen LogP contribution in [-0.4, -0.2) is 11.4 Å². The monoisotopic (exact) mass is 426 g/mol. The third kappa shape index (κ3) is 3.68. The lowest BCUT2D eigenvalue weighted by Crippen LogP contribution is -3.00. The molecule has 26 heavy (non-hydrogen) atoms. The molecule has 0 aliphatic heterocycles. The molecule has 0 amide bonds. The summed E-state index contributed by atoms with van der Waals surface area (Å²) in [6.07, 6.45) is 0.835. The number of carbonyl (C=O) groups is 1. The van der Waals surface area contributed by atoms with Crippen LogP contribution in [0.3, 0.4) is 0 Å². The summed E-state index contributed by atoms with van der Waals surface area (Å²) >= 11 is 0. The molecule has 0 spiro atoms. The molecule has 0 radical (unpaired) electrons. The molecule has 1 nitrogen and oxygen atoms in total. The van der Waals surface area contributed by atoms with Gasteiger partial charge in [0, 0.05) is 0 Å². The highest BCUT2D eigenvalue weighted by atomic mass is 79.9. The summed E-state index contributed by atoms with van der Waals surface area (Å²) in [5.74, 6) is 0.271. The number of hydrogen-bond acceptors (Lipinski definition) is 1. The number of carbonyl (C=O) groups excluding carboxylic acids is 1. The molecule has 3 aromatic carbocycles. The molecule has 0 saturated carbocycles. The Kier molecular flexibility index (Phi) is 7.32. The van der Waals surface area contributed by atoms with Crippen molar-refractivity contribution < 1.29 is 21.8 Å². The molecule has 3 heteroatoms. The van der Waals surface area contributed by atoms with Crippen LogP contribution in [0.5, 0.6) is 0 Å². The van der Waals surface area contributed by atoms with Crippen LogP contribution in [0, 0.1) is 0 Å². The quantitative estimate of drug-likeness (QED) is 0.543. The van der Waals surface area contributed by atoms with E-state index in [0.29, 0.717) is 0 Å². The smallest absolute Gasteiger partial charge is 0.171 e. The molecule has 0 aromatic heterocycles. The average Bonchev–Trinajstić information content (AvgIpc) is 2.68. The van der Waals surface area contributed by atoms with Gasteiger partial charge in [-0.1, -0.05) is 61.5 Å². The fourth-order valence-electron chi connectivity index (χ4n) is 3.81. The Balaban J connectivity index is 0.00000243. The van der Waals surface area contributed by atoms with Gasteiger partial charge in [-0.2, -0.15) is 0 Å². The van der Waals surface area contributed by atoms with Gasteiger partial charge in [-0.25, -0.2) is 0 Å². The van der Waals surface area contributed by atoms with E-state index < -0.39 is 7.26 Å². The summed E-state index contributed by atoms with van der Waals surface area (Å²) in [7, 11) is -2.07. The number of hydrogen-bond donors (Lipinski definition) is 0. The van der Waals surface area contributed by atoms with Crippen LogP contribution in [0.2, 0.25) is 0 Å². The van der Waals surface area contributed by atoms with Crippen molar-refractivity contribution in [1.82, 2.24) is 0 Å². The standard InChI is InChI=1S/C23H24OP.BrH/c1-3-23(19(2)24)25(20-13-7-4-8-14-20,21-15-9-5-10-16-21)22-17-11-6-12-18-22;/h4-18,23H,3H2,1-2H3;1H/q+1;/p-1. The van der Waals surface area contributed by atoms with Crippen LogP contribution in [0.15, 0.2) is 91.0 Å². The maximum atomic E-state index is 12.8. The topological polar surface area (TPSA) is 17.1 Å². The molecule has 1 unspecified atom stereocenters. The molecule has 0 aliphatic rings. The van der Waals surface area contributed by atoms with E-state index in [-0.39, 0.29) is 28.4 Å². The molecule has 1 atom stereocenters. The molecule has 0 N–H and O–H groups in total. The minimum Gasteiger partial charge on any atom is -1.00 e. The molecular weight excluding hydrogens is 403 g/mol. The van der Waals surface area contributed by atoms with Gasteiger partial charge in [0.1, 0.15) is 28.8 Å². The summed E-state index contributed by atoms with van der Waals surface area (Å²) in [4.78, 5) is 12.8. The van der Waals surface area contributed by atoms with E-state index in [2.05, 4.69) is 79.7 Å². The number of Topliss-reactive ketones (excluding diaryl/α,β-unsaturated/α-hetero) is 1. The Hall–Kier alpha value is -1.76. The van der Waals surface area contributed by atoms with E-state index in [4.69, 9.17) is 0 Å². The highest BCUT2D eigenvalue weighted by Crippen LogP contribution is 2.60. The number of rotatable bonds is 6. The van der Waals surface area contributed by atoms with Gasteiger partial charge >= 0.3 is 0 Å². The van der Waals surface area contributed by atoms with Crippen molar-refractivity contribution >= 4 is 29.0 Å². The van der Waals surface area contributed by atoms with Gasteiger partial charge in [-0.15, -0.1) is 0 Å². The molecule has 0 aliphatic carbocycles. The van der Waals surface area contributed by atoms with Crippen LogP contribution >= 0.6 is 7.26 Å². The maximum absolute atomic E-state index is 12.8. The first-order chi connectivity index (χ1) is 12.2. The Morgan fingerprint density at radius 1 is 0.731 bits per heavy atom. The minimum atomic E-state index is -2.07. The Morgan fingerprint density at radius 2 is 1.04 bits per heavy atom. The molecule has 0 saturated heterocycles. The second-order valence-electron chi connectivity index (χ2n) is 6.26. The van der Waals surface area contributed by atoms with Gasteiger partial charge in [0.25, 0.3) is 0 Å². The van der Waals surface area contributed by atoms with Crippen molar-refractivity contribution in [3.8, 4) is 0 Å². The number of halogens is 1. The van der Waals surface area contributed by atoms with Crippen LogP contribution < -0.4 is 32.9 Å². The average molecular weight is 427 g/mol. The third-order valence-electron chi connectivity index (χ3n) is 4.81. The van der Waals surface area contributed by atoms with E-state index in [1.165, 1.54) is 15.9 Å². The van der Waals surface area contributed by atoms with Gasteiger partial charge in [-0.05, 0) is 49.7 Å². The second kappa shape index (κ2) is 9.26. The molecule has 0 bridgehead atoms. The molecular formula is C23H24BrOP. The normalized spacial score (nSPS) is 12.1. The van der Waals surface area contributed by atoms with Crippen LogP contribution in [0.1, 0.15) is 20.3 Å². The van der Waals surface area contributed by atoms with Crippen molar-refractivity contribution in [3.63, 3.8) is 0 Å². The zero-order valence-electron chi connectivity index (χ0n) is 15.2. The highest BCUT2D eigenvalue weighted by molar-refractivity contribution is 7.96. The Bertz CT molecular complexity index is 722. The van der Waals surface area contributed by atoms with E-state index in [0.717, 1.165) is 6.42 Å². The van der Waals surface area contributed by atoms with E-state index >= 15 is 0 Å². The van der Waals surface area contributed by atoms with Gasteiger partial charge in [0.05, 0.1) is 0 Å². The highest BCUT2D eigenvalue weighted by Gasteiger charge is 2.53. The Morgan fingerprint density at radius 3 is 1.27 bits per heavy atom. The lowest BCUT2D eigenvalue weighted by molar-refractivity contribution is -0.116. The van der Waals surface area contributed by atoms with Crippen molar-refractivity contribution in [2.45, 2.75) is 25.9 Å². The number of ketones is 1. The predicted molar refractivity (Wildman–Crippen MR) is 110 cm³/mol.